The summed E-state index contributed by atoms with van der Waals surface area (Å²) in [6.07, 6.45) is 5.42. The maximum Gasteiger partial charge on any atom is 0.225 e. The molecule has 0 spiro atoms. The van der Waals surface area contributed by atoms with E-state index in [1.807, 2.05) is 0 Å². The van der Waals surface area contributed by atoms with Crippen molar-refractivity contribution in [2.45, 2.75) is 51.5 Å². The molecule has 5 rings (SSSR count). The summed E-state index contributed by atoms with van der Waals surface area (Å²) in [4.78, 5) is 28.2. The quantitative estimate of drug-likeness (QED) is 0.632. The molecular formula is C28H36N4O2. The molecule has 3 fully saturated rings. The van der Waals surface area contributed by atoms with Gasteiger partial charge in [-0.1, -0.05) is 19.1 Å². The molecule has 1 aliphatic carbocycles. The standard InChI is InChI=1S/C28H36N4O2/c1-19-11-13-32(14-12-19)24-9-10-26(25(16-24)21-5-6-21)30-23-7-3-20(4-8-23)17-29-28(34)22-15-27(33)31(2)18-22/h3-4,7-10,16,19,21-22,30H,5-6,11-15,17-18H2,1-2H3,(H,29,34). The molecule has 0 aromatic heterocycles. The van der Waals surface area contributed by atoms with Gasteiger partial charge in [-0.3, -0.25) is 9.59 Å². The molecule has 6 heteroatoms. The number of carbonyl (C=O) groups is 2. The number of piperidine rings is 1. The third kappa shape index (κ3) is 5.21. The van der Waals surface area contributed by atoms with Gasteiger partial charge in [-0.2, -0.15) is 0 Å². The minimum atomic E-state index is -0.240. The van der Waals surface area contributed by atoms with Gasteiger partial charge >= 0.3 is 0 Å². The maximum absolute atomic E-state index is 12.4. The zero-order chi connectivity index (χ0) is 23.7. The molecule has 2 heterocycles. The third-order valence-electron chi connectivity index (χ3n) is 7.61. The normalized spacial score (nSPS) is 21.1. The van der Waals surface area contributed by atoms with Crippen LogP contribution in [0.15, 0.2) is 42.5 Å². The first-order valence-corrected chi connectivity index (χ1v) is 12.7. The van der Waals surface area contributed by atoms with Crippen LogP contribution in [0.1, 0.15) is 56.1 Å². The second-order valence-corrected chi connectivity index (χ2v) is 10.4. The molecule has 2 aromatic rings. The van der Waals surface area contributed by atoms with Crippen molar-refractivity contribution >= 4 is 28.9 Å². The molecule has 1 unspecified atom stereocenters. The van der Waals surface area contributed by atoms with E-state index in [0.29, 0.717) is 25.4 Å². The van der Waals surface area contributed by atoms with Crippen LogP contribution in [0.3, 0.4) is 0 Å². The predicted molar refractivity (Wildman–Crippen MR) is 136 cm³/mol. The highest BCUT2D eigenvalue weighted by molar-refractivity contribution is 5.89. The zero-order valence-corrected chi connectivity index (χ0v) is 20.3. The summed E-state index contributed by atoms with van der Waals surface area (Å²) in [7, 11) is 1.75. The highest BCUT2D eigenvalue weighted by Gasteiger charge is 2.32. The molecule has 180 valence electrons. The van der Waals surface area contributed by atoms with Gasteiger partial charge in [-0.25, -0.2) is 0 Å². The fourth-order valence-corrected chi connectivity index (χ4v) is 5.09. The van der Waals surface area contributed by atoms with Crippen molar-refractivity contribution in [3.63, 3.8) is 0 Å². The summed E-state index contributed by atoms with van der Waals surface area (Å²) >= 11 is 0. The van der Waals surface area contributed by atoms with E-state index in [2.05, 4.69) is 64.9 Å². The van der Waals surface area contributed by atoms with Crippen LogP contribution in [-0.2, 0) is 16.1 Å². The summed E-state index contributed by atoms with van der Waals surface area (Å²) in [5, 5.41) is 6.61. The predicted octanol–water partition coefficient (Wildman–Crippen LogP) is 4.64. The molecule has 6 nitrogen and oxygen atoms in total. The molecule has 2 aliphatic heterocycles. The van der Waals surface area contributed by atoms with E-state index in [9.17, 15) is 9.59 Å². The van der Waals surface area contributed by atoms with Crippen molar-refractivity contribution < 1.29 is 9.59 Å². The topological polar surface area (TPSA) is 64.7 Å². The number of carbonyl (C=O) groups excluding carboxylic acids is 2. The smallest absolute Gasteiger partial charge is 0.225 e. The average Bonchev–Trinajstić information content (AvgIpc) is 3.63. The first kappa shape index (κ1) is 22.8. The molecule has 34 heavy (non-hydrogen) atoms. The Balaban J connectivity index is 1.20. The first-order valence-electron chi connectivity index (χ1n) is 12.7. The van der Waals surface area contributed by atoms with Crippen LogP contribution in [0.25, 0.3) is 0 Å². The summed E-state index contributed by atoms with van der Waals surface area (Å²) in [5.74, 6) is 1.26. The molecule has 2 amide bonds. The van der Waals surface area contributed by atoms with E-state index in [-0.39, 0.29) is 17.7 Å². The monoisotopic (exact) mass is 460 g/mol. The molecule has 1 saturated carbocycles. The Bertz CT molecular complexity index is 1040. The SMILES string of the molecule is CC1CCN(c2ccc(Nc3ccc(CNC(=O)C4CC(=O)N(C)C4)cc3)c(C3CC3)c2)CC1. The zero-order valence-electron chi connectivity index (χ0n) is 20.3. The Morgan fingerprint density at radius 2 is 1.76 bits per heavy atom. The number of anilines is 3. The maximum atomic E-state index is 12.4. The Morgan fingerprint density at radius 1 is 1.03 bits per heavy atom. The van der Waals surface area contributed by atoms with Crippen LogP contribution in [0.5, 0.6) is 0 Å². The van der Waals surface area contributed by atoms with Gasteiger partial charge in [0.1, 0.15) is 0 Å². The summed E-state index contributed by atoms with van der Waals surface area (Å²) in [5.41, 5.74) is 6.10. The van der Waals surface area contributed by atoms with Crippen LogP contribution in [0, 0.1) is 11.8 Å². The lowest BCUT2D eigenvalue weighted by Gasteiger charge is -2.32. The lowest BCUT2D eigenvalue weighted by atomic mass is 9.98. The summed E-state index contributed by atoms with van der Waals surface area (Å²) < 4.78 is 0. The third-order valence-corrected chi connectivity index (χ3v) is 7.61. The second kappa shape index (κ2) is 9.69. The van der Waals surface area contributed by atoms with Crippen molar-refractivity contribution in [3.8, 4) is 0 Å². The molecule has 2 N–H and O–H groups in total. The van der Waals surface area contributed by atoms with Crippen LogP contribution < -0.4 is 15.5 Å². The number of nitrogens with zero attached hydrogens (tertiary/aromatic N) is 2. The second-order valence-electron chi connectivity index (χ2n) is 10.4. The van der Waals surface area contributed by atoms with Gasteiger partial charge in [-0.15, -0.1) is 0 Å². The van der Waals surface area contributed by atoms with Crippen molar-refractivity contribution in [2.75, 3.05) is 36.9 Å². The van der Waals surface area contributed by atoms with Gasteiger partial charge in [0.15, 0.2) is 0 Å². The van der Waals surface area contributed by atoms with Gasteiger partial charge in [0.2, 0.25) is 11.8 Å². The van der Waals surface area contributed by atoms with Crippen LogP contribution in [0.4, 0.5) is 17.1 Å². The van der Waals surface area contributed by atoms with E-state index in [4.69, 9.17) is 0 Å². The summed E-state index contributed by atoms with van der Waals surface area (Å²) in [6.45, 7) is 5.65. The molecule has 2 aromatic carbocycles. The highest BCUT2D eigenvalue weighted by Crippen LogP contribution is 2.45. The Morgan fingerprint density at radius 3 is 2.41 bits per heavy atom. The largest absolute Gasteiger partial charge is 0.372 e. The van der Waals surface area contributed by atoms with Gasteiger partial charge in [-0.05, 0) is 79.0 Å². The van der Waals surface area contributed by atoms with Gasteiger partial charge in [0.25, 0.3) is 0 Å². The molecule has 2 saturated heterocycles. The van der Waals surface area contributed by atoms with Crippen LogP contribution in [-0.4, -0.2) is 43.4 Å². The number of rotatable bonds is 7. The van der Waals surface area contributed by atoms with Gasteiger partial charge in [0.05, 0.1) is 5.92 Å². The number of nitrogens with one attached hydrogen (secondary N) is 2. The van der Waals surface area contributed by atoms with E-state index in [0.717, 1.165) is 30.3 Å². The lowest BCUT2D eigenvalue weighted by Crippen LogP contribution is -2.32. The molecule has 0 bridgehead atoms. The number of benzene rings is 2. The highest BCUT2D eigenvalue weighted by atomic mass is 16.2. The Kier molecular flexibility index (Phi) is 6.48. The minimum Gasteiger partial charge on any atom is -0.372 e. The van der Waals surface area contributed by atoms with E-state index >= 15 is 0 Å². The van der Waals surface area contributed by atoms with Crippen molar-refractivity contribution in [3.05, 3.63) is 53.6 Å². The molecule has 0 radical (unpaired) electrons. The first-order chi connectivity index (χ1) is 16.5. The number of likely N-dealkylation sites (tertiary alicyclic amines) is 1. The lowest BCUT2D eigenvalue weighted by molar-refractivity contribution is -0.128. The number of amides is 2. The summed E-state index contributed by atoms with van der Waals surface area (Å²) in [6, 6.07) is 15.2. The van der Waals surface area contributed by atoms with Crippen LogP contribution in [0.2, 0.25) is 0 Å². The minimum absolute atomic E-state index is 0.0414. The van der Waals surface area contributed by atoms with Crippen molar-refractivity contribution in [2.24, 2.45) is 11.8 Å². The van der Waals surface area contributed by atoms with Gasteiger partial charge in [0, 0.05) is 56.7 Å². The van der Waals surface area contributed by atoms with Crippen molar-refractivity contribution in [1.29, 1.82) is 0 Å². The fourth-order valence-electron chi connectivity index (χ4n) is 5.09. The van der Waals surface area contributed by atoms with E-state index in [1.54, 1.807) is 11.9 Å². The average molecular weight is 461 g/mol. The molecule has 1 atom stereocenters. The Hall–Kier alpha value is -3.02. The van der Waals surface area contributed by atoms with E-state index in [1.165, 1.54) is 42.6 Å². The number of hydrogen-bond donors (Lipinski definition) is 2. The molecule has 3 aliphatic rings. The number of hydrogen-bond acceptors (Lipinski definition) is 4. The van der Waals surface area contributed by atoms with E-state index < -0.39 is 0 Å². The fraction of sp³-hybridized carbons (Fsp3) is 0.500. The molecular weight excluding hydrogens is 424 g/mol. The van der Waals surface area contributed by atoms with Crippen LogP contribution >= 0.6 is 0 Å². The Labute approximate surface area is 202 Å². The van der Waals surface area contributed by atoms with Crippen molar-refractivity contribution in [1.82, 2.24) is 10.2 Å². The van der Waals surface area contributed by atoms with Gasteiger partial charge < -0.3 is 20.4 Å².